The number of Topliss-reactive ketones (excluding diaryl/α,β-unsaturated/α-hetero) is 1. The van der Waals surface area contributed by atoms with Gasteiger partial charge in [-0.05, 0) is 61.2 Å². The van der Waals surface area contributed by atoms with Crippen LogP contribution in [0.4, 0.5) is 0 Å². The van der Waals surface area contributed by atoms with Crippen LogP contribution in [0, 0.1) is 12.8 Å². The summed E-state index contributed by atoms with van der Waals surface area (Å²) in [5, 5.41) is 11.3. The van der Waals surface area contributed by atoms with Gasteiger partial charge in [0.25, 0.3) is 11.7 Å². The second-order valence-corrected chi connectivity index (χ2v) is 9.01. The second-order valence-electron chi connectivity index (χ2n) is 9.01. The highest BCUT2D eigenvalue weighted by Crippen LogP contribution is 2.42. The number of amides is 1. The fraction of sp³-hybridized carbons (Fsp3) is 0.429. The van der Waals surface area contributed by atoms with Crippen LogP contribution in [0.5, 0.6) is 17.2 Å². The highest BCUT2D eigenvalue weighted by atomic mass is 16.5. The zero-order chi connectivity index (χ0) is 26.4. The summed E-state index contributed by atoms with van der Waals surface area (Å²) in [5.74, 6) is 0.392. The van der Waals surface area contributed by atoms with Crippen LogP contribution in [0.25, 0.3) is 5.76 Å². The van der Waals surface area contributed by atoms with Gasteiger partial charge < -0.3 is 29.0 Å². The lowest BCUT2D eigenvalue weighted by Gasteiger charge is -2.25. The molecule has 3 rings (SSSR count). The average Bonchev–Trinajstić information content (AvgIpc) is 3.11. The zero-order valence-corrected chi connectivity index (χ0v) is 21.8. The quantitative estimate of drug-likeness (QED) is 0.277. The number of ketones is 1. The molecule has 0 aliphatic carbocycles. The number of aliphatic hydroxyl groups is 1. The maximum absolute atomic E-state index is 13.2. The van der Waals surface area contributed by atoms with Crippen LogP contribution in [-0.4, -0.2) is 62.3 Å². The number of ether oxygens (including phenoxy) is 4. The summed E-state index contributed by atoms with van der Waals surface area (Å²) in [6.45, 7) is 9.31. The van der Waals surface area contributed by atoms with E-state index in [1.807, 2.05) is 13.8 Å². The fourth-order valence-corrected chi connectivity index (χ4v) is 4.15. The summed E-state index contributed by atoms with van der Waals surface area (Å²) in [7, 11) is 3.05. The largest absolute Gasteiger partial charge is 0.507 e. The molecule has 1 atom stereocenters. The smallest absolute Gasteiger partial charge is 0.295 e. The normalized spacial score (nSPS) is 17.1. The van der Waals surface area contributed by atoms with E-state index in [0.29, 0.717) is 47.5 Å². The Labute approximate surface area is 212 Å². The van der Waals surface area contributed by atoms with Crippen molar-refractivity contribution in [3.63, 3.8) is 0 Å². The number of benzene rings is 2. The van der Waals surface area contributed by atoms with Crippen LogP contribution in [0.3, 0.4) is 0 Å². The maximum Gasteiger partial charge on any atom is 0.295 e. The first-order chi connectivity index (χ1) is 17.2. The molecule has 1 fully saturated rings. The molecule has 1 aliphatic heterocycles. The summed E-state index contributed by atoms with van der Waals surface area (Å²) in [6.07, 6.45) is 0. The maximum atomic E-state index is 13.2. The Kier molecular flexibility index (Phi) is 8.98. The van der Waals surface area contributed by atoms with Crippen LogP contribution in [0.1, 0.15) is 43.5 Å². The minimum Gasteiger partial charge on any atom is -0.507 e. The van der Waals surface area contributed by atoms with E-state index in [0.717, 1.165) is 5.56 Å². The number of hydrogen-bond acceptors (Lipinski definition) is 7. The van der Waals surface area contributed by atoms with Crippen molar-refractivity contribution in [1.29, 1.82) is 0 Å². The van der Waals surface area contributed by atoms with E-state index >= 15 is 0 Å². The van der Waals surface area contributed by atoms with Gasteiger partial charge in [-0.3, -0.25) is 9.59 Å². The van der Waals surface area contributed by atoms with Gasteiger partial charge in [0.1, 0.15) is 11.5 Å². The van der Waals surface area contributed by atoms with Gasteiger partial charge in [0, 0.05) is 19.2 Å². The molecular weight excluding hydrogens is 462 g/mol. The number of carbonyl (C=O) groups excluding carboxylic acids is 2. The van der Waals surface area contributed by atoms with E-state index in [9.17, 15) is 14.7 Å². The predicted octanol–water partition coefficient (Wildman–Crippen LogP) is 4.51. The summed E-state index contributed by atoms with van der Waals surface area (Å²) >= 11 is 0. The molecule has 8 heteroatoms. The Balaban J connectivity index is 2.11. The summed E-state index contributed by atoms with van der Waals surface area (Å²) in [6, 6.07) is 9.62. The van der Waals surface area contributed by atoms with Crippen LogP contribution in [0.15, 0.2) is 42.0 Å². The van der Waals surface area contributed by atoms with Crippen LogP contribution >= 0.6 is 0 Å². The third-order valence-electron chi connectivity index (χ3n) is 5.90. The van der Waals surface area contributed by atoms with Crippen LogP contribution in [0.2, 0.25) is 0 Å². The highest BCUT2D eigenvalue weighted by Gasteiger charge is 2.46. The number of rotatable bonds is 11. The Morgan fingerprint density at radius 2 is 1.75 bits per heavy atom. The van der Waals surface area contributed by atoms with E-state index in [1.54, 1.807) is 36.4 Å². The van der Waals surface area contributed by atoms with Crippen molar-refractivity contribution < 1.29 is 33.6 Å². The molecule has 0 unspecified atom stereocenters. The Bertz CT molecular complexity index is 1140. The molecule has 1 saturated heterocycles. The second kappa shape index (κ2) is 11.9. The van der Waals surface area contributed by atoms with Gasteiger partial charge in [-0.1, -0.05) is 19.9 Å². The third-order valence-corrected chi connectivity index (χ3v) is 5.90. The average molecular weight is 498 g/mol. The monoisotopic (exact) mass is 497 g/mol. The van der Waals surface area contributed by atoms with Gasteiger partial charge in [-0.15, -0.1) is 0 Å². The third kappa shape index (κ3) is 5.65. The number of likely N-dealkylation sites (tertiary alicyclic amines) is 1. The molecule has 36 heavy (non-hydrogen) atoms. The first-order valence-electron chi connectivity index (χ1n) is 12.0. The topological polar surface area (TPSA) is 94.5 Å². The molecule has 1 amide bonds. The lowest BCUT2D eigenvalue weighted by molar-refractivity contribution is -0.140. The number of carbonyl (C=O) groups is 2. The molecule has 2 aromatic rings. The zero-order valence-electron chi connectivity index (χ0n) is 21.8. The number of aliphatic hydroxyl groups excluding tert-OH is 1. The van der Waals surface area contributed by atoms with E-state index in [1.165, 1.54) is 19.1 Å². The van der Waals surface area contributed by atoms with Crippen LogP contribution < -0.4 is 14.2 Å². The Hall–Kier alpha value is -3.52. The van der Waals surface area contributed by atoms with Gasteiger partial charge in [-0.25, -0.2) is 0 Å². The first-order valence-corrected chi connectivity index (χ1v) is 12.0. The molecule has 2 aromatic carbocycles. The molecule has 0 saturated carbocycles. The summed E-state index contributed by atoms with van der Waals surface area (Å²) in [5.41, 5.74) is 1.86. The van der Waals surface area contributed by atoms with E-state index in [4.69, 9.17) is 18.9 Å². The number of nitrogens with zero attached hydrogens (tertiary/aromatic N) is 1. The van der Waals surface area contributed by atoms with Gasteiger partial charge in [0.2, 0.25) is 0 Å². The molecular formula is C28H35NO7. The minimum atomic E-state index is -0.818. The molecule has 194 valence electrons. The van der Waals surface area contributed by atoms with Crippen molar-refractivity contribution in [2.24, 2.45) is 5.92 Å². The number of aryl methyl sites for hydroxylation is 1. The highest BCUT2D eigenvalue weighted by molar-refractivity contribution is 6.46. The van der Waals surface area contributed by atoms with Crippen molar-refractivity contribution in [1.82, 2.24) is 4.90 Å². The number of methoxy groups -OCH3 is 2. The van der Waals surface area contributed by atoms with Crippen molar-refractivity contribution in [2.45, 2.75) is 33.7 Å². The SMILES string of the molecule is CCOc1ccc([C@@H]2/C(=C(\O)c3ccc(OCC(C)C)c(C)c3)C(=O)C(=O)N2CCOC)cc1OC. The molecule has 0 radical (unpaired) electrons. The van der Waals surface area contributed by atoms with E-state index in [-0.39, 0.29) is 24.5 Å². The summed E-state index contributed by atoms with van der Waals surface area (Å²) in [4.78, 5) is 27.7. The fourth-order valence-electron chi connectivity index (χ4n) is 4.15. The number of hydrogen-bond donors (Lipinski definition) is 1. The van der Waals surface area contributed by atoms with Gasteiger partial charge in [0.05, 0.1) is 38.5 Å². The molecule has 1 N–H and O–H groups in total. The van der Waals surface area contributed by atoms with E-state index < -0.39 is 17.7 Å². The summed E-state index contributed by atoms with van der Waals surface area (Å²) < 4.78 is 22.1. The lowest BCUT2D eigenvalue weighted by atomic mass is 9.94. The van der Waals surface area contributed by atoms with Crippen molar-refractivity contribution >= 4 is 17.4 Å². The van der Waals surface area contributed by atoms with Gasteiger partial charge in [0.15, 0.2) is 11.5 Å². The molecule has 0 bridgehead atoms. The molecule has 0 aromatic heterocycles. The predicted molar refractivity (Wildman–Crippen MR) is 137 cm³/mol. The van der Waals surface area contributed by atoms with Crippen molar-refractivity contribution in [3.05, 3.63) is 58.7 Å². The van der Waals surface area contributed by atoms with Crippen molar-refractivity contribution in [2.75, 3.05) is 40.6 Å². The van der Waals surface area contributed by atoms with E-state index in [2.05, 4.69) is 13.8 Å². The van der Waals surface area contributed by atoms with Crippen molar-refractivity contribution in [3.8, 4) is 17.2 Å². The molecule has 1 heterocycles. The Morgan fingerprint density at radius 1 is 1.03 bits per heavy atom. The molecule has 0 spiro atoms. The molecule has 8 nitrogen and oxygen atoms in total. The molecule has 1 aliphatic rings. The van der Waals surface area contributed by atoms with Gasteiger partial charge in [-0.2, -0.15) is 0 Å². The minimum absolute atomic E-state index is 0.0116. The van der Waals surface area contributed by atoms with Gasteiger partial charge >= 0.3 is 0 Å². The Morgan fingerprint density at radius 3 is 2.36 bits per heavy atom. The lowest BCUT2D eigenvalue weighted by Crippen LogP contribution is -2.32. The standard InChI is InChI=1S/C28H35NO7/c1-7-35-22-11-8-19(15-23(22)34-6)25-24(27(31)28(32)29(25)12-13-33-5)26(30)20-9-10-21(18(4)14-20)36-16-17(2)3/h8-11,14-15,17,25,30H,7,12-13,16H2,1-6H3/b26-24+/t25-/m1/s1. The van der Waals surface area contributed by atoms with Crippen LogP contribution in [-0.2, 0) is 14.3 Å². The first kappa shape index (κ1) is 27.1.